The number of hydrogen-bond acceptors (Lipinski definition) is 5. The van der Waals surface area contributed by atoms with Crippen LogP contribution in [0.15, 0.2) is 16.9 Å². The first-order valence-corrected chi connectivity index (χ1v) is 9.12. The number of hydrogen-bond donors (Lipinski definition) is 3. The third-order valence-corrected chi connectivity index (χ3v) is 5.55. The summed E-state index contributed by atoms with van der Waals surface area (Å²) >= 11 is 0. The van der Waals surface area contributed by atoms with Gasteiger partial charge in [0.25, 0.3) is 5.56 Å². The number of aromatic amines is 1. The zero-order chi connectivity index (χ0) is 19.1. The van der Waals surface area contributed by atoms with E-state index < -0.39 is 5.92 Å². The van der Waals surface area contributed by atoms with Crippen LogP contribution in [-0.2, 0) is 4.79 Å². The maximum Gasteiger partial charge on any atom is 0.270 e. The first kappa shape index (κ1) is 17.5. The Morgan fingerprint density at radius 2 is 1.74 bits per heavy atom. The van der Waals surface area contributed by atoms with E-state index in [-0.39, 0.29) is 41.2 Å². The fourth-order valence-electron chi connectivity index (χ4n) is 4.22. The van der Waals surface area contributed by atoms with Crippen molar-refractivity contribution in [1.29, 1.82) is 0 Å². The van der Waals surface area contributed by atoms with E-state index in [9.17, 15) is 14.7 Å². The van der Waals surface area contributed by atoms with E-state index in [4.69, 9.17) is 9.47 Å². The molecule has 2 aromatic rings. The number of carbonyl (C=O) groups excluding carboxylic acids is 1. The SMILES string of the molecule is COc1cc([C@H]2CC(=O)Nc3c2c(=O)[nH]n3C2CCCC2)cc(OC)c1O. The summed E-state index contributed by atoms with van der Waals surface area (Å²) in [6.07, 6.45) is 4.34. The maximum absolute atomic E-state index is 12.8. The molecule has 2 heterocycles. The number of amides is 1. The van der Waals surface area contributed by atoms with E-state index in [0.29, 0.717) is 16.9 Å². The van der Waals surface area contributed by atoms with Crippen LogP contribution in [-0.4, -0.2) is 35.0 Å². The Labute approximate surface area is 156 Å². The number of aromatic nitrogens is 2. The maximum atomic E-state index is 12.8. The van der Waals surface area contributed by atoms with E-state index in [0.717, 1.165) is 25.7 Å². The summed E-state index contributed by atoms with van der Waals surface area (Å²) in [5.74, 6) is 0.334. The van der Waals surface area contributed by atoms with Crippen molar-refractivity contribution in [3.8, 4) is 17.2 Å². The molecule has 1 saturated carbocycles. The normalized spacial score (nSPS) is 19.6. The molecule has 1 aliphatic heterocycles. The number of fused-ring (bicyclic) bond motifs is 1. The van der Waals surface area contributed by atoms with Gasteiger partial charge in [-0.15, -0.1) is 0 Å². The van der Waals surface area contributed by atoms with Gasteiger partial charge in [0.15, 0.2) is 11.5 Å². The van der Waals surface area contributed by atoms with Crippen molar-refractivity contribution in [2.75, 3.05) is 19.5 Å². The Bertz CT molecular complexity index is 914. The molecule has 0 spiro atoms. The van der Waals surface area contributed by atoms with Gasteiger partial charge < -0.3 is 19.9 Å². The molecule has 0 saturated heterocycles. The molecule has 27 heavy (non-hydrogen) atoms. The van der Waals surface area contributed by atoms with Crippen LogP contribution in [0.4, 0.5) is 5.82 Å². The average Bonchev–Trinajstić information content (AvgIpc) is 3.29. The van der Waals surface area contributed by atoms with Crippen molar-refractivity contribution in [2.45, 2.75) is 44.1 Å². The lowest BCUT2D eigenvalue weighted by Gasteiger charge is -2.25. The van der Waals surface area contributed by atoms with Crippen LogP contribution in [0.5, 0.6) is 17.2 Å². The lowest BCUT2D eigenvalue weighted by atomic mass is 9.86. The molecule has 0 unspecified atom stereocenters. The van der Waals surface area contributed by atoms with E-state index in [1.54, 1.807) is 12.1 Å². The highest BCUT2D eigenvalue weighted by Gasteiger charge is 2.35. The molecule has 1 aliphatic carbocycles. The number of ether oxygens (including phenoxy) is 2. The van der Waals surface area contributed by atoms with E-state index in [1.807, 2.05) is 4.68 Å². The first-order chi connectivity index (χ1) is 13.0. The summed E-state index contributed by atoms with van der Waals surface area (Å²) in [5, 5.41) is 16.0. The second-order valence-electron chi connectivity index (χ2n) is 7.09. The second kappa shape index (κ2) is 6.68. The van der Waals surface area contributed by atoms with Crippen molar-refractivity contribution in [1.82, 2.24) is 9.78 Å². The molecular weight excluding hydrogens is 350 g/mol. The van der Waals surface area contributed by atoms with Crippen molar-refractivity contribution >= 4 is 11.7 Å². The number of phenolic OH excluding ortho intramolecular Hbond substituents is 1. The van der Waals surface area contributed by atoms with E-state index in [1.165, 1.54) is 14.2 Å². The van der Waals surface area contributed by atoms with Crippen LogP contribution in [0.25, 0.3) is 0 Å². The smallest absolute Gasteiger partial charge is 0.270 e. The third kappa shape index (κ3) is 2.85. The van der Waals surface area contributed by atoms with E-state index in [2.05, 4.69) is 10.4 Å². The standard InChI is InChI=1S/C19H23N3O5/c1-26-13-7-10(8-14(27-2)17(13)24)12-9-15(23)20-18-16(12)19(25)21-22(18)11-5-3-4-6-11/h7-8,11-12,24H,3-6,9H2,1-2H3,(H,20,23)(H,21,25)/t12-/m1/s1. The van der Waals surface area contributed by atoms with Gasteiger partial charge in [-0.2, -0.15) is 0 Å². The van der Waals surface area contributed by atoms with Gasteiger partial charge in [0.05, 0.1) is 25.8 Å². The van der Waals surface area contributed by atoms with Gasteiger partial charge in [-0.1, -0.05) is 12.8 Å². The van der Waals surface area contributed by atoms with E-state index >= 15 is 0 Å². The quantitative estimate of drug-likeness (QED) is 0.764. The second-order valence-corrected chi connectivity index (χ2v) is 7.09. The Hall–Kier alpha value is -2.90. The summed E-state index contributed by atoms with van der Waals surface area (Å²) in [5.41, 5.74) is 1.02. The van der Waals surface area contributed by atoms with Crippen LogP contribution in [0.2, 0.25) is 0 Å². The Morgan fingerprint density at radius 3 is 2.33 bits per heavy atom. The third-order valence-electron chi connectivity index (χ3n) is 5.55. The minimum atomic E-state index is -0.441. The van der Waals surface area contributed by atoms with Crippen LogP contribution in [0, 0.1) is 0 Å². The Morgan fingerprint density at radius 1 is 1.11 bits per heavy atom. The molecule has 3 N–H and O–H groups in total. The number of carbonyl (C=O) groups is 1. The molecule has 4 rings (SSSR count). The molecule has 1 aromatic heterocycles. The van der Waals surface area contributed by atoms with Gasteiger partial charge in [-0.3, -0.25) is 19.4 Å². The average molecular weight is 373 g/mol. The lowest BCUT2D eigenvalue weighted by molar-refractivity contribution is -0.116. The summed E-state index contributed by atoms with van der Waals surface area (Å²) in [6, 6.07) is 3.50. The van der Waals surface area contributed by atoms with Gasteiger partial charge in [0, 0.05) is 12.3 Å². The van der Waals surface area contributed by atoms with Crippen molar-refractivity contribution in [2.24, 2.45) is 0 Å². The van der Waals surface area contributed by atoms with Crippen molar-refractivity contribution < 1.29 is 19.4 Å². The fraction of sp³-hybridized carbons (Fsp3) is 0.474. The van der Waals surface area contributed by atoms with Gasteiger partial charge in [-0.05, 0) is 30.5 Å². The van der Waals surface area contributed by atoms with Crippen LogP contribution < -0.4 is 20.3 Å². The summed E-state index contributed by atoms with van der Waals surface area (Å²) in [4.78, 5) is 25.2. The molecule has 8 heteroatoms. The highest BCUT2D eigenvalue weighted by molar-refractivity contribution is 5.94. The highest BCUT2D eigenvalue weighted by Crippen LogP contribution is 2.44. The van der Waals surface area contributed by atoms with Crippen molar-refractivity contribution in [3.63, 3.8) is 0 Å². The van der Waals surface area contributed by atoms with Gasteiger partial charge in [0.2, 0.25) is 11.7 Å². The number of benzene rings is 1. The number of nitrogens with one attached hydrogen (secondary N) is 2. The van der Waals surface area contributed by atoms with Gasteiger partial charge >= 0.3 is 0 Å². The molecule has 1 aromatic carbocycles. The minimum Gasteiger partial charge on any atom is -0.502 e. The summed E-state index contributed by atoms with van der Waals surface area (Å²) in [6.45, 7) is 0. The van der Waals surface area contributed by atoms with Crippen LogP contribution in [0.1, 0.15) is 55.2 Å². The molecular formula is C19H23N3O5. The first-order valence-electron chi connectivity index (χ1n) is 9.12. The lowest BCUT2D eigenvalue weighted by Crippen LogP contribution is -2.27. The number of anilines is 1. The van der Waals surface area contributed by atoms with Crippen molar-refractivity contribution in [3.05, 3.63) is 33.6 Å². The van der Waals surface area contributed by atoms with Gasteiger partial charge in [-0.25, -0.2) is 0 Å². The number of phenols is 1. The summed E-state index contributed by atoms with van der Waals surface area (Å²) < 4.78 is 12.3. The van der Waals surface area contributed by atoms with Crippen LogP contribution in [0.3, 0.4) is 0 Å². The largest absolute Gasteiger partial charge is 0.502 e. The number of methoxy groups -OCH3 is 2. The molecule has 1 amide bonds. The molecule has 2 aliphatic rings. The number of rotatable bonds is 4. The molecule has 0 bridgehead atoms. The van der Waals surface area contributed by atoms with Gasteiger partial charge in [0.1, 0.15) is 5.82 Å². The fourth-order valence-corrected chi connectivity index (χ4v) is 4.22. The number of aromatic hydroxyl groups is 1. The predicted molar refractivity (Wildman–Crippen MR) is 98.9 cm³/mol. The topological polar surface area (TPSA) is 106 Å². The zero-order valence-electron chi connectivity index (χ0n) is 15.4. The Kier molecular flexibility index (Phi) is 4.33. The molecule has 144 valence electrons. The Balaban J connectivity index is 1.85. The molecule has 0 radical (unpaired) electrons. The molecule has 1 fully saturated rings. The van der Waals surface area contributed by atoms with Crippen LogP contribution >= 0.6 is 0 Å². The number of H-pyrrole nitrogens is 1. The monoisotopic (exact) mass is 373 g/mol. The highest BCUT2D eigenvalue weighted by atomic mass is 16.5. The molecule has 1 atom stereocenters. The predicted octanol–water partition coefficient (Wildman–Crippen LogP) is 2.49. The molecule has 8 nitrogen and oxygen atoms in total. The summed E-state index contributed by atoms with van der Waals surface area (Å²) in [7, 11) is 2.89. The zero-order valence-corrected chi connectivity index (χ0v) is 15.4. The number of nitrogens with zero attached hydrogens (tertiary/aromatic N) is 1. The minimum absolute atomic E-state index is 0.110.